The Labute approximate surface area is 127 Å². The summed E-state index contributed by atoms with van der Waals surface area (Å²) in [6.45, 7) is 6.31. The maximum absolute atomic E-state index is 12.2. The van der Waals surface area contributed by atoms with Crippen LogP contribution in [0.3, 0.4) is 0 Å². The molecule has 116 valence electrons. The molecular weight excluding hydrogens is 268 g/mol. The van der Waals surface area contributed by atoms with Crippen LogP contribution in [0.2, 0.25) is 0 Å². The lowest BCUT2D eigenvalue weighted by molar-refractivity contribution is -0.149. The largest absolute Gasteiger partial charge is 0.463 e. The third-order valence-corrected chi connectivity index (χ3v) is 2.77. The molecule has 0 amide bonds. The van der Waals surface area contributed by atoms with Gasteiger partial charge < -0.3 is 9.47 Å². The van der Waals surface area contributed by atoms with Crippen LogP contribution in [0.15, 0.2) is 0 Å². The van der Waals surface area contributed by atoms with Crippen LogP contribution in [0.25, 0.3) is 0 Å². The number of hydrogen-bond donors (Lipinski definition) is 0. The van der Waals surface area contributed by atoms with Gasteiger partial charge in [-0.15, -0.1) is 24.7 Å². The molecule has 0 rings (SSSR count). The second-order valence-electron chi connectivity index (χ2n) is 5.71. The summed E-state index contributed by atoms with van der Waals surface area (Å²) in [4.78, 5) is 23.9. The fourth-order valence-corrected chi connectivity index (χ4v) is 1.72. The standard InChI is InChI=1S/C17H24O4/c1-6-8-10-20-11-12-21-15(18)13-14(9-7-2)16(19)17(3,4)5/h1-2,14H,8-13H2,3-5H3. The zero-order valence-corrected chi connectivity index (χ0v) is 13.1. The molecule has 0 radical (unpaired) electrons. The molecule has 0 fully saturated rings. The summed E-state index contributed by atoms with van der Waals surface area (Å²) in [6, 6.07) is 0. The van der Waals surface area contributed by atoms with Crippen molar-refractivity contribution in [3.63, 3.8) is 0 Å². The minimum atomic E-state index is -0.528. The van der Waals surface area contributed by atoms with Crippen molar-refractivity contribution < 1.29 is 19.1 Å². The SMILES string of the molecule is C#CCCOCCOC(=O)CC(CC#C)C(=O)C(C)(C)C. The molecule has 0 N–H and O–H groups in total. The zero-order chi connectivity index (χ0) is 16.3. The average molecular weight is 292 g/mol. The zero-order valence-electron chi connectivity index (χ0n) is 13.1. The number of hydrogen-bond acceptors (Lipinski definition) is 4. The van der Waals surface area contributed by atoms with Crippen LogP contribution < -0.4 is 0 Å². The maximum Gasteiger partial charge on any atom is 0.306 e. The van der Waals surface area contributed by atoms with E-state index in [2.05, 4.69) is 11.8 Å². The summed E-state index contributed by atoms with van der Waals surface area (Å²) in [5.41, 5.74) is -0.528. The molecule has 1 unspecified atom stereocenters. The Hall–Kier alpha value is -1.78. The summed E-state index contributed by atoms with van der Waals surface area (Å²) >= 11 is 0. The van der Waals surface area contributed by atoms with Crippen molar-refractivity contribution in [2.45, 2.75) is 40.0 Å². The Balaban J connectivity index is 4.17. The monoisotopic (exact) mass is 292 g/mol. The molecule has 0 aliphatic carbocycles. The van der Waals surface area contributed by atoms with Gasteiger partial charge >= 0.3 is 5.97 Å². The number of Topliss-reactive ketones (excluding diaryl/α,β-unsaturated/α-hetero) is 1. The van der Waals surface area contributed by atoms with Crippen molar-refractivity contribution in [1.29, 1.82) is 0 Å². The highest BCUT2D eigenvalue weighted by Crippen LogP contribution is 2.24. The summed E-state index contributed by atoms with van der Waals surface area (Å²) in [7, 11) is 0. The first-order chi connectivity index (χ1) is 9.82. The first-order valence-corrected chi connectivity index (χ1v) is 6.97. The highest BCUT2D eigenvalue weighted by Gasteiger charge is 2.30. The van der Waals surface area contributed by atoms with Gasteiger partial charge in [0, 0.05) is 24.2 Å². The Morgan fingerprint density at radius 3 is 2.29 bits per heavy atom. The van der Waals surface area contributed by atoms with Gasteiger partial charge in [0.2, 0.25) is 0 Å². The van der Waals surface area contributed by atoms with Crippen molar-refractivity contribution >= 4 is 11.8 Å². The van der Waals surface area contributed by atoms with E-state index < -0.39 is 17.3 Å². The predicted octanol–water partition coefficient (Wildman–Crippen LogP) is 2.21. The molecule has 1 atom stereocenters. The third kappa shape index (κ3) is 8.89. The second-order valence-corrected chi connectivity index (χ2v) is 5.71. The minimum absolute atomic E-state index is 0.00462. The van der Waals surface area contributed by atoms with Crippen LogP contribution in [0, 0.1) is 36.0 Å². The molecule has 0 saturated carbocycles. The molecule has 0 aliphatic rings. The van der Waals surface area contributed by atoms with Crippen molar-refractivity contribution in [3.8, 4) is 24.7 Å². The summed E-state index contributed by atoms with van der Waals surface area (Å²) in [5.74, 6) is 3.93. The number of esters is 1. The van der Waals surface area contributed by atoms with E-state index in [1.807, 2.05) is 20.8 Å². The second kappa shape index (κ2) is 10.0. The molecule has 0 saturated heterocycles. The van der Waals surface area contributed by atoms with E-state index in [4.69, 9.17) is 22.3 Å². The number of ketones is 1. The Morgan fingerprint density at radius 2 is 1.76 bits per heavy atom. The fourth-order valence-electron chi connectivity index (χ4n) is 1.72. The van der Waals surface area contributed by atoms with Crippen molar-refractivity contribution in [2.75, 3.05) is 19.8 Å². The van der Waals surface area contributed by atoms with Crippen molar-refractivity contribution in [2.24, 2.45) is 11.3 Å². The Bertz CT molecular complexity index is 418. The van der Waals surface area contributed by atoms with Gasteiger partial charge in [0.25, 0.3) is 0 Å². The topological polar surface area (TPSA) is 52.6 Å². The Morgan fingerprint density at radius 1 is 1.10 bits per heavy atom. The van der Waals surface area contributed by atoms with Gasteiger partial charge in [-0.3, -0.25) is 9.59 Å². The van der Waals surface area contributed by atoms with Crippen LogP contribution in [0.5, 0.6) is 0 Å². The normalized spacial score (nSPS) is 12.0. The van der Waals surface area contributed by atoms with E-state index >= 15 is 0 Å². The molecule has 0 aromatic heterocycles. The highest BCUT2D eigenvalue weighted by molar-refractivity contribution is 5.89. The molecule has 0 aliphatic heterocycles. The lowest BCUT2D eigenvalue weighted by Gasteiger charge is -2.22. The van der Waals surface area contributed by atoms with Crippen LogP contribution >= 0.6 is 0 Å². The van der Waals surface area contributed by atoms with Crippen LogP contribution in [0.4, 0.5) is 0 Å². The summed E-state index contributed by atoms with van der Waals surface area (Å²) < 4.78 is 10.2. The van der Waals surface area contributed by atoms with E-state index in [0.29, 0.717) is 19.6 Å². The number of rotatable bonds is 9. The number of terminal acetylenes is 2. The molecule has 21 heavy (non-hydrogen) atoms. The minimum Gasteiger partial charge on any atom is -0.463 e. The first-order valence-electron chi connectivity index (χ1n) is 6.97. The molecule has 0 aromatic carbocycles. The lowest BCUT2D eigenvalue weighted by atomic mass is 9.80. The quantitative estimate of drug-likeness (QED) is 0.371. The van der Waals surface area contributed by atoms with E-state index in [0.717, 1.165) is 0 Å². The number of carbonyl (C=O) groups is 2. The van der Waals surface area contributed by atoms with E-state index in [1.165, 1.54) is 0 Å². The van der Waals surface area contributed by atoms with E-state index in [1.54, 1.807) is 0 Å². The van der Waals surface area contributed by atoms with Gasteiger partial charge in [0.1, 0.15) is 12.4 Å². The maximum atomic E-state index is 12.2. The molecular formula is C17H24O4. The molecule has 0 spiro atoms. The van der Waals surface area contributed by atoms with E-state index in [-0.39, 0.29) is 25.2 Å². The van der Waals surface area contributed by atoms with Crippen LogP contribution in [-0.4, -0.2) is 31.6 Å². The van der Waals surface area contributed by atoms with Crippen LogP contribution in [0.1, 0.15) is 40.0 Å². The first kappa shape index (κ1) is 19.2. The smallest absolute Gasteiger partial charge is 0.306 e. The number of ether oxygens (including phenoxy) is 2. The predicted molar refractivity (Wildman–Crippen MR) is 81.2 cm³/mol. The van der Waals surface area contributed by atoms with Gasteiger partial charge in [-0.2, -0.15) is 0 Å². The molecule has 0 bridgehead atoms. The average Bonchev–Trinajstić information content (AvgIpc) is 2.40. The van der Waals surface area contributed by atoms with Crippen molar-refractivity contribution in [1.82, 2.24) is 0 Å². The van der Waals surface area contributed by atoms with Gasteiger partial charge in [-0.25, -0.2) is 0 Å². The van der Waals surface area contributed by atoms with E-state index in [9.17, 15) is 9.59 Å². The Kier molecular flexibility index (Phi) is 9.17. The molecule has 0 heterocycles. The summed E-state index contributed by atoms with van der Waals surface area (Å²) in [6.07, 6.45) is 11.1. The lowest BCUT2D eigenvalue weighted by Crippen LogP contribution is -2.30. The fraction of sp³-hybridized carbons (Fsp3) is 0.647. The number of carbonyl (C=O) groups excluding carboxylic acids is 2. The van der Waals surface area contributed by atoms with Crippen LogP contribution in [-0.2, 0) is 19.1 Å². The summed E-state index contributed by atoms with van der Waals surface area (Å²) in [5, 5.41) is 0. The molecule has 4 nitrogen and oxygen atoms in total. The van der Waals surface area contributed by atoms with Gasteiger partial charge in [-0.05, 0) is 0 Å². The van der Waals surface area contributed by atoms with Crippen molar-refractivity contribution in [3.05, 3.63) is 0 Å². The van der Waals surface area contributed by atoms with Gasteiger partial charge in [0.05, 0.1) is 19.6 Å². The molecule has 0 aromatic rings. The van der Waals surface area contributed by atoms with Gasteiger partial charge in [-0.1, -0.05) is 20.8 Å². The molecule has 4 heteroatoms. The highest BCUT2D eigenvalue weighted by atomic mass is 16.6. The third-order valence-electron chi connectivity index (χ3n) is 2.77. The van der Waals surface area contributed by atoms with Gasteiger partial charge in [0.15, 0.2) is 0 Å².